The van der Waals surface area contributed by atoms with Crippen LogP contribution in [0.15, 0.2) is 91.4 Å². The number of pyridine rings is 3. The summed E-state index contributed by atoms with van der Waals surface area (Å²) in [6, 6.07) is 18.9. The van der Waals surface area contributed by atoms with Crippen molar-refractivity contribution in [3.63, 3.8) is 0 Å². The maximum Gasteiger partial charge on any atom is 1.00 e. The minimum absolute atomic E-state index is 0. The quantitative estimate of drug-likeness (QED) is 0.0186. The normalized spacial score (nSPS) is 14.4. The number of rotatable bonds is 27. The largest absolute Gasteiger partial charge is 1.00 e. The molecule has 12 rings (SSSR count). The fraction of sp³-hybridized carbons (Fsp3) is 0.304. The summed E-state index contributed by atoms with van der Waals surface area (Å²) in [5.41, 5.74) is -2.23. The van der Waals surface area contributed by atoms with E-state index in [1.165, 1.54) is 116 Å². The molecule has 0 radical (unpaired) electrons. The zero-order chi connectivity index (χ0) is 82.9. The van der Waals surface area contributed by atoms with Gasteiger partial charge in [0.2, 0.25) is 35.1 Å². The maximum atomic E-state index is 14.7. The smallest absolute Gasteiger partial charge is 0.779 e. The summed E-state index contributed by atoms with van der Waals surface area (Å²) in [5, 5.41) is 19.8. The topological polar surface area (TPSA) is 485 Å². The number of benzene rings is 3. The number of nitrogens with zero attached hydrogens (tertiary/aromatic N) is 11. The SMILES string of the molecule is COc1cc(Nc2ncc(F)c(Nc3ccc4c(n3)N(COP(=O)(O)O)C(=O)C(C)(C)O4)n2)cc(OC)c1OC.COc1cc(Nc2ncc(F)c(Nc3ccc4c(n3)N(COP(C)(=O)[O-])C(=O)C(C)(C)O4)n2)cc(OC)c1OC.COc1cc(Nc2ncc(F)c(Nc3ccc4c(n3)NC(=O)C(C)(C)O4)n2)cc(OC)c1OC.[Na+]. The zero-order valence-corrected chi connectivity index (χ0v) is 68.4. The number of hydrogen-bond donors (Lipinski definition) is 9. The number of carbonyl (C=O) groups is 3. The summed E-state index contributed by atoms with van der Waals surface area (Å²) < 4.78 is 141. The number of phosphoric ester groups is 1. The van der Waals surface area contributed by atoms with Crippen molar-refractivity contribution in [2.75, 3.05) is 131 Å². The molecule has 606 valence electrons. The number of anilines is 15. The van der Waals surface area contributed by atoms with Crippen molar-refractivity contribution in [1.29, 1.82) is 0 Å². The van der Waals surface area contributed by atoms with Crippen LogP contribution in [-0.2, 0) is 32.6 Å². The standard InChI is InChI=1S/C24H28FN6O8P.C23H26FN6O9P.C22H23FN6O5.Na/c1-24(2)22(32)31(12-38-40(6,33)34)21-15(39-24)7-8-18(29-21)28-20-14(25)11-26-23(30-20)27-13-9-16(35-3)19(37-5)17(10-13)36-4;1-23(2)21(31)30(11-38-40(32,33)34)20-14(39-23)6-7-17(28-20)27-19-13(24)10-25-22(29-19)26-12-8-15(35-3)18(37-5)16(9-12)36-4;1-22(2)20(30)28-19-13(34-22)6-7-16(27-19)26-18-12(23)10-24-21(29-18)25-11-8-14(31-3)17(33-5)15(9-11)32-4;/h7-11H,12H2,1-6H3,(H,33,34)(H2,26,27,28,29,30);6-10H,11H2,1-5H3,(H2,32,33,34)(H2,25,26,27,28,29);6-10H,1-5H3,(H3,24,25,26,27,28,29,30);/q;;;+1/p-1. The van der Waals surface area contributed by atoms with Gasteiger partial charge in [0.1, 0.15) is 38.5 Å². The molecule has 9 heterocycles. The van der Waals surface area contributed by atoms with Crippen LogP contribution in [0.1, 0.15) is 41.5 Å². The molecular formula is C69H76F3N18NaO22P2. The van der Waals surface area contributed by atoms with E-state index in [4.69, 9.17) is 71.2 Å². The number of carbonyl (C=O) groups excluding carboxylic acids is 3. The predicted molar refractivity (Wildman–Crippen MR) is 402 cm³/mol. The number of hydrogen-bond acceptors (Lipinski definition) is 35. The van der Waals surface area contributed by atoms with Crippen LogP contribution in [0.3, 0.4) is 0 Å². The van der Waals surface area contributed by atoms with Gasteiger partial charge in [-0.05, 0) is 77.9 Å². The van der Waals surface area contributed by atoms with Crippen LogP contribution in [0.5, 0.6) is 69.0 Å². The first-order chi connectivity index (χ1) is 53.9. The summed E-state index contributed by atoms with van der Waals surface area (Å²) in [6.45, 7) is 8.78. The number of amides is 3. The van der Waals surface area contributed by atoms with Crippen molar-refractivity contribution >= 4 is 120 Å². The Balaban J connectivity index is 0.000000197. The Morgan fingerprint density at radius 3 is 1.06 bits per heavy atom. The molecule has 115 heavy (non-hydrogen) atoms. The van der Waals surface area contributed by atoms with E-state index in [2.05, 4.69) is 86.6 Å². The number of ether oxygens (including phenoxy) is 12. The molecule has 0 fully saturated rings. The van der Waals surface area contributed by atoms with E-state index in [1.54, 1.807) is 62.4 Å². The van der Waals surface area contributed by atoms with Crippen LogP contribution < -0.4 is 138 Å². The van der Waals surface area contributed by atoms with Crippen LogP contribution >= 0.6 is 15.4 Å². The summed E-state index contributed by atoms with van der Waals surface area (Å²) in [6.07, 6.45) is 2.90. The molecule has 40 nitrogen and oxygen atoms in total. The average molecular weight is 1650 g/mol. The molecule has 3 aromatic carbocycles. The van der Waals surface area contributed by atoms with Crippen LogP contribution in [0.4, 0.5) is 100 Å². The first-order valence-corrected chi connectivity index (χ1v) is 36.7. The van der Waals surface area contributed by atoms with Gasteiger partial charge < -0.3 is 118 Å². The molecule has 6 aromatic heterocycles. The van der Waals surface area contributed by atoms with Crippen LogP contribution in [-0.4, -0.2) is 173 Å². The number of halogens is 3. The van der Waals surface area contributed by atoms with Crippen molar-refractivity contribution in [3.05, 3.63) is 109 Å². The van der Waals surface area contributed by atoms with E-state index in [-0.39, 0.29) is 117 Å². The van der Waals surface area contributed by atoms with Gasteiger partial charge in [-0.1, -0.05) is 0 Å². The Morgan fingerprint density at radius 2 is 0.757 bits per heavy atom. The first kappa shape index (κ1) is 87.2. The van der Waals surface area contributed by atoms with E-state index in [0.29, 0.717) is 74.6 Å². The van der Waals surface area contributed by atoms with Gasteiger partial charge >= 0.3 is 37.4 Å². The number of phosphoric acid groups is 1. The van der Waals surface area contributed by atoms with Gasteiger partial charge in [0.05, 0.1) is 82.6 Å². The predicted octanol–water partition coefficient (Wildman–Crippen LogP) is 6.92. The van der Waals surface area contributed by atoms with Gasteiger partial charge in [-0.3, -0.25) is 28.7 Å². The fourth-order valence-corrected chi connectivity index (χ4v) is 11.2. The number of aromatic nitrogens is 9. The Morgan fingerprint density at radius 1 is 0.452 bits per heavy atom. The molecular weight excluding hydrogens is 1570 g/mol. The molecule has 3 amide bonds. The Kier molecular flexibility index (Phi) is 27.4. The van der Waals surface area contributed by atoms with Crippen molar-refractivity contribution in [2.45, 2.75) is 58.3 Å². The molecule has 1 atom stereocenters. The average Bonchev–Trinajstić information content (AvgIpc) is 0.776. The zero-order valence-electron chi connectivity index (χ0n) is 64.6. The van der Waals surface area contributed by atoms with Gasteiger partial charge in [-0.15, -0.1) is 0 Å². The van der Waals surface area contributed by atoms with Crippen LogP contribution in [0, 0.1) is 17.5 Å². The third kappa shape index (κ3) is 21.0. The molecule has 0 saturated heterocycles. The molecule has 0 aliphatic carbocycles. The van der Waals surface area contributed by atoms with E-state index < -0.39 is 74.9 Å². The minimum Gasteiger partial charge on any atom is -0.779 e. The second-order valence-corrected chi connectivity index (χ2v) is 28.3. The molecule has 1 unspecified atom stereocenters. The molecule has 9 N–H and O–H groups in total. The van der Waals surface area contributed by atoms with E-state index in [1.807, 2.05) is 0 Å². The maximum absolute atomic E-state index is 14.7. The van der Waals surface area contributed by atoms with Gasteiger partial charge in [-0.2, -0.15) is 15.0 Å². The molecule has 0 bridgehead atoms. The summed E-state index contributed by atoms with van der Waals surface area (Å²) in [7, 11) is 4.23. The number of fused-ring (bicyclic) bond motifs is 3. The van der Waals surface area contributed by atoms with Gasteiger partial charge in [0, 0.05) is 60.1 Å². The molecule has 3 aliphatic heterocycles. The van der Waals surface area contributed by atoms with Crippen molar-refractivity contribution in [2.24, 2.45) is 0 Å². The third-order valence-corrected chi connectivity index (χ3v) is 17.0. The number of nitrogens with one attached hydrogen (secondary N) is 7. The summed E-state index contributed by atoms with van der Waals surface area (Å²) in [5.74, 6) is 0.386. The molecule has 0 spiro atoms. The Hall–Kier alpha value is -11.8. The van der Waals surface area contributed by atoms with Crippen LogP contribution in [0.2, 0.25) is 0 Å². The summed E-state index contributed by atoms with van der Waals surface area (Å²) in [4.78, 5) is 107. The monoisotopic (exact) mass is 1650 g/mol. The van der Waals surface area contributed by atoms with Gasteiger partial charge in [0.25, 0.3) is 17.7 Å². The minimum atomic E-state index is -4.91. The van der Waals surface area contributed by atoms with Crippen LogP contribution in [0.25, 0.3) is 0 Å². The summed E-state index contributed by atoms with van der Waals surface area (Å²) >= 11 is 0. The van der Waals surface area contributed by atoms with E-state index in [0.717, 1.165) is 35.1 Å². The Bertz CT molecular complexity index is 4940. The molecule has 9 aromatic rings. The number of methoxy groups -OCH3 is 9. The second-order valence-electron chi connectivity index (χ2n) is 25.3. The van der Waals surface area contributed by atoms with Gasteiger partial charge in [0.15, 0.2) is 121 Å². The Labute approximate surface area is 675 Å². The molecule has 46 heteroatoms. The van der Waals surface area contributed by atoms with Crippen molar-refractivity contribution < 1.29 is 147 Å². The third-order valence-electron chi connectivity index (χ3n) is 16.0. The molecule has 3 aliphatic rings. The van der Waals surface area contributed by atoms with Crippen molar-refractivity contribution in [1.82, 2.24) is 44.9 Å². The fourth-order valence-electron chi connectivity index (χ4n) is 10.6. The molecule has 0 saturated carbocycles. The van der Waals surface area contributed by atoms with Crippen molar-refractivity contribution in [3.8, 4) is 69.0 Å². The van der Waals surface area contributed by atoms with E-state index >= 15 is 0 Å². The van der Waals surface area contributed by atoms with E-state index in [9.17, 15) is 41.6 Å². The van der Waals surface area contributed by atoms with Gasteiger partial charge in [-0.25, -0.2) is 47.6 Å². The first-order valence-electron chi connectivity index (χ1n) is 33.2. The second kappa shape index (κ2) is 36.1.